The Morgan fingerprint density at radius 1 is 1.56 bits per heavy atom. The van der Waals surface area contributed by atoms with Crippen LogP contribution in [0.2, 0.25) is 0 Å². The predicted octanol–water partition coefficient (Wildman–Crippen LogP) is 2.70. The van der Waals surface area contributed by atoms with Crippen molar-refractivity contribution in [3.8, 4) is 0 Å². The van der Waals surface area contributed by atoms with Gasteiger partial charge in [-0.25, -0.2) is 5.84 Å². The SMILES string of the molecule is CC[C-]=NC(=[N-])c1ccc2c(c1)CCCC2N.[U+2]. The summed E-state index contributed by atoms with van der Waals surface area (Å²) in [5.74, 6) is 0.0359. The van der Waals surface area contributed by atoms with Crippen molar-refractivity contribution in [3.63, 3.8) is 0 Å². The number of nitrogens with two attached hydrogens (primary N) is 1. The first-order chi connectivity index (χ1) is 8.22. The molecule has 0 saturated heterocycles. The van der Waals surface area contributed by atoms with Crippen LogP contribution in [-0.4, -0.2) is 12.1 Å². The van der Waals surface area contributed by atoms with E-state index in [1.165, 1.54) is 11.1 Å². The second kappa shape index (κ2) is 7.23. The average molecular weight is 465 g/mol. The van der Waals surface area contributed by atoms with Gasteiger partial charge in [0, 0.05) is 6.04 Å². The normalized spacial score (nSPS) is 18.2. The Bertz CT molecular complexity index is 454. The summed E-state index contributed by atoms with van der Waals surface area (Å²) in [4.78, 5) is 3.87. The molecule has 0 spiro atoms. The number of aryl methyl sites for hydroxylation is 1. The van der Waals surface area contributed by atoms with Gasteiger partial charge in [-0.2, -0.15) is 0 Å². The molecule has 0 fully saturated rings. The first-order valence-corrected chi connectivity index (χ1v) is 6.10. The largest absolute Gasteiger partial charge is 2.00 e. The summed E-state index contributed by atoms with van der Waals surface area (Å²) in [6.07, 6.45) is 6.64. The maximum absolute atomic E-state index is 9.78. The molecule has 3 nitrogen and oxygen atoms in total. The van der Waals surface area contributed by atoms with Crippen molar-refractivity contribution in [1.29, 1.82) is 0 Å². The molecule has 0 heterocycles. The van der Waals surface area contributed by atoms with Crippen LogP contribution in [0.5, 0.6) is 0 Å². The monoisotopic (exact) mass is 465 g/mol. The van der Waals surface area contributed by atoms with E-state index in [1.807, 2.05) is 25.1 Å². The Kier molecular flexibility index (Phi) is 6.28. The van der Waals surface area contributed by atoms with Crippen LogP contribution in [0.3, 0.4) is 0 Å². The van der Waals surface area contributed by atoms with E-state index in [0.717, 1.165) is 24.8 Å². The van der Waals surface area contributed by atoms with E-state index >= 15 is 0 Å². The van der Waals surface area contributed by atoms with Gasteiger partial charge in [0.1, 0.15) is 0 Å². The molecule has 4 heteroatoms. The van der Waals surface area contributed by atoms with Gasteiger partial charge >= 0.3 is 31.1 Å². The molecule has 0 saturated carbocycles. The van der Waals surface area contributed by atoms with Crippen LogP contribution in [0, 0.1) is 31.1 Å². The fourth-order valence-corrected chi connectivity index (χ4v) is 2.21. The molecule has 1 atom stereocenters. The number of hydrogen-bond donors (Lipinski definition) is 1. The van der Waals surface area contributed by atoms with Crippen molar-refractivity contribution in [3.05, 3.63) is 40.3 Å². The smallest absolute Gasteiger partial charge is 0.641 e. The first kappa shape index (κ1) is 15.6. The predicted molar refractivity (Wildman–Crippen MR) is 71.5 cm³/mol. The number of aliphatic imine (C=N–C) groups is 1. The molecule has 1 aliphatic rings. The Labute approximate surface area is 132 Å². The van der Waals surface area contributed by atoms with Gasteiger partial charge in [0.15, 0.2) is 0 Å². The minimum atomic E-state index is 0. The Balaban J connectivity index is 0.00000162. The topological polar surface area (TPSA) is 60.7 Å². The van der Waals surface area contributed by atoms with Crippen molar-refractivity contribution >= 4 is 12.1 Å². The molecule has 0 radical (unpaired) electrons. The summed E-state index contributed by atoms with van der Waals surface area (Å²) < 4.78 is 0. The molecule has 0 aromatic heterocycles. The van der Waals surface area contributed by atoms with Crippen molar-refractivity contribution in [2.24, 2.45) is 10.7 Å². The third-order valence-corrected chi connectivity index (χ3v) is 3.10. The van der Waals surface area contributed by atoms with E-state index in [-0.39, 0.29) is 43.0 Å². The van der Waals surface area contributed by atoms with Crippen molar-refractivity contribution in [1.82, 2.24) is 0 Å². The fraction of sp³-hybridized carbons (Fsp3) is 0.429. The molecule has 1 unspecified atom stereocenters. The maximum Gasteiger partial charge on any atom is 2.00 e. The van der Waals surface area contributed by atoms with Gasteiger partial charge in [0.25, 0.3) is 0 Å². The van der Waals surface area contributed by atoms with Crippen LogP contribution >= 0.6 is 0 Å². The molecule has 0 amide bonds. The summed E-state index contributed by atoms with van der Waals surface area (Å²) in [7, 11) is 0. The van der Waals surface area contributed by atoms with Crippen LogP contribution < -0.4 is 5.73 Å². The molecule has 18 heavy (non-hydrogen) atoms. The van der Waals surface area contributed by atoms with E-state index in [1.54, 1.807) is 0 Å². The Hall–Kier alpha value is -0.428. The van der Waals surface area contributed by atoms with Gasteiger partial charge in [0.05, 0.1) is 0 Å². The second-order valence-corrected chi connectivity index (χ2v) is 4.36. The summed E-state index contributed by atoms with van der Waals surface area (Å²) >= 11 is 0. The van der Waals surface area contributed by atoms with E-state index in [9.17, 15) is 5.41 Å². The van der Waals surface area contributed by atoms with Crippen LogP contribution in [0.4, 0.5) is 0 Å². The molecule has 2 rings (SSSR count). The quantitative estimate of drug-likeness (QED) is 0.408. The van der Waals surface area contributed by atoms with Crippen LogP contribution in [-0.2, 0) is 6.42 Å². The van der Waals surface area contributed by atoms with E-state index < -0.39 is 0 Å². The van der Waals surface area contributed by atoms with Crippen molar-refractivity contribution < 1.29 is 31.1 Å². The van der Waals surface area contributed by atoms with Gasteiger partial charge in [-0.05, 0) is 30.4 Å². The minimum absolute atomic E-state index is 0. The first-order valence-electron chi connectivity index (χ1n) is 6.10. The molecule has 0 bridgehead atoms. The van der Waals surface area contributed by atoms with E-state index in [2.05, 4.69) is 11.2 Å². The van der Waals surface area contributed by atoms with E-state index in [0.29, 0.717) is 6.42 Å². The molecular weight excluding hydrogens is 448 g/mol. The Morgan fingerprint density at radius 3 is 3.06 bits per heavy atom. The zero-order valence-corrected chi connectivity index (χ0v) is 14.8. The third-order valence-electron chi connectivity index (χ3n) is 3.10. The van der Waals surface area contributed by atoms with Crippen LogP contribution in [0.15, 0.2) is 23.2 Å². The van der Waals surface area contributed by atoms with Crippen molar-refractivity contribution in [2.75, 3.05) is 0 Å². The molecule has 2 N–H and O–H groups in total. The van der Waals surface area contributed by atoms with Gasteiger partial charge in [-0.3, -0.25) is 0 Å². The molecule has 92 valence electrons. The number of hydrogen-bond acceptors (Lipinski definition) is 1. The zero-order valence-electron chi connectivity index (χ0n) is 10.6. The molecule has 1 aromatic rings. The summed E-state index contributed by atoms with van der Waals surface area (Å²) in [5, 5.41) is 9.78. The molecule has 1 aromatic carbocycles. The zero-order chi connectivity index (χ0) is 12.3. The standard InChI is InChI=1S/C14H17N3.U/c1-2-8-17-14(16)11-6-7-12-10(9-11)4-3-5-13(12)15;/h6-7,9,13H,2-5,15H2,1H3;/q-2;+2. The second-order valence-electron chi connectivity index (χ2n) is 4.36. The fourth-order valence-electron chi connectivity index (χ4n) is 2.21. The number of fused-ring (bicyclic) bond motifs is 1. The maximum atomic E-state index is 9.78. The number of nitrogens with zero attached hydrogens (tertiary/aromatic N) is 2. The van der Waals surface area contributed by atoms with Crippen LogP contribution in [0.1, 0.15) is 48.9 Å². The molecule has 0 aliphatic heterocycles. The van der Waals surface area contributed by atoms with Crippen molar-refractivity contribution in [2.45, 2.75) is 38.6 Å². The van der Waals surface area contributed by atoms with Gasteiger partial charge in [-0.1, -0.05) is 25.1 Å². The average Bonchev–Trinajstić information content (AvgIpc) is 2.36. The molecule has 1 aliphatic carbocycles. The van der Waals surface area contributed by atoms with Crippen LogP contribution in [0.25, 0.3) is 5.41 Å². The number of benzene rings is 1. The van der Waals surface area contributed by atoms with Gasteiger partial charge in [0.2, 0.25) is 0 Å². The number of rotatable bonds is 2. The van der Waals surface area contributed by atoms with Gasteiger partial charge in [-0.15, -0.1) is 12.0 Å². The summed E-state index contributed by atoms with van der Waals surface area (Å²) in [5.41, 5.74) is 9.24. The third kappa shape index (κ3) is 3.54. The summed E-state index contributed by atoms with van der Waals surface area (Å²) in [6, 6.07) is 6.01. The Morgan fingerprint density at radius 2 is 2.33 bits per heavy atom. The van der Waals surface area contributed by atoms with E-state index in [4.69, 9.17) is 5.73 Å². The minimum Gasteiger partial charge on any atom is -0.641 e. The summed E-state index contributed by atoms with van der Waals surface area (Å²) in [6.45, 7) is 1.93. The van der Waals surface area contributed by atoms with Gasteiger partial charge < -0.3 is 22.3 Å². The number of amidine groups is 1. The molecular formula is C14H17N3U.